The SMILES string of the molecule is CC(C)CCN(C)Cc1ccc(C(=O)NN)s1. The smallest absolute Gasteiger partial charge is 0.275 e. The molecule has 96 valence electrons. The molecule has 0 unspecified atom stereocenters. The number of nitrogens with zero attached hydrogens (tertiary/aromatic N) is 1. The summed E-state index contributed by atoms with van der Waals surface area (Å²) in [6, 6.07) is 3.81. The van der Waals surface area contributed by atoms with Gasteiger partial charge in [-0.2, -0.15) is 0 Å². The van der Waals surface area contributed by atoms with Crippen molar-refractivity contribution in [1.29, 1.82) is 0 Å². The number of rotatable bonds is 6. The van der Waals surface area contributed by atoms with Crippen molar-refractivity contribution in [2.75, 3.05) is 13.6 Å². The molecule has 1 aromatic heterocycles. The van der Waals surface area contributed by atoms with Crippen molar-refractivity contribution in [3.05, 3.63) is 21.9 Å². The van der Waals surface area contributed by atoms with Gasteiger partial charge in [-0.1, -0.05) is 13.8 Å². The number of nitrogens with one attached hydrogen (secondary N) is 1. The van der Waals surface area contributed by atoms with E-state index in [1.807, 2.05) is 12.1 Å². The minimum atomic E-state index is -0.217. The predicted molar refractivity (Wildman–Crippen MR) is 71.8 cm³/mol. The maximum atomic E-state index is 11.3. The van der Waals surface area contributed by atoms with Gasteiger partial charge >= 0.3 is 0 Å². The first-order chi connectivity index (χ1) is 8.02. The van der Waals surface area contributed by atoms with Crippen LogP contribution in [0.5, 0.6) is 0 Å². The maximum Gasteiger partial charge on any atom is 0.275 e. The van der Waals surface area contributed by atoms with Gasteiger partial charge in [0.1, 0.15) is 0 Å². The van der Waals surface area contributed by atoms with Crippen LogP contribution in [0.25, 0.3) is 0 Å². The number of nitrogens with two attached hydrogens (primary N) is 1. The Bertz CT molecular complexity index is 362. The van der Waals surface area contributed by atoms with Crippen molar-refractivity contribution in [3.8, 4) is 0 Å². The van der Waals surface area contributed by atoms with E-state index in [0.717, 1.165) is 19.0 Å². The predicted octanol–water partition coefficient (Wildman–Crippen LogP) is 1.83. The summed E-state index contributed by atoms with van der Waals surface area (Å²) in [6.07, 6.45) is 1.19. The highest BCUT2D eigenvalue weighted by Crippen LogP contribution is 2.18. The van der Waals surface area contributed by atoms with Crippen LogP contribution >= 0.6 is 11.3 Å². The molecular formula is C12H21N3OS. The van der Waals surface area contributed by atoms with Gasteiger partial charge in [0.05, 0.1) is 4.88 Å². The van der Waals surface area contributed by atoms with Crippen LogP contribution in [0.3, 0.4) is 0 Å². The number of hydrogen-bond donors (Lipinski definition) is 2. The van der Waals surface area contributed by atoms with Crippen molar-refractivity contribution in [3.63, 3.8) is 0 Å². The number of hydrazine groups is 1. The topological polar surface area (TPSA) is 58.4 Å². The first-order valence-electron chi connectivity index (χ1n) is 5.81. The molecular weight excluding hydrogens is 234 g/mol. The van der Waals surface area contributed by atoms with Gasteiger partial charge < -0.3 is 4.90 Å². The van der Waals surface area contributed by atoms with Crippen molar-refractivity contribution in [2.24, 2.45) is 11.8 Å². The molecule has 3 N–H and O–H groups in total. The fourth-order valence-electron chi connectivity index (χ4n) is 1.48. The molecule has 0 aliphatic heterocycles. The summed E-state index contributed by atoms with van der Waals surface area (Å²) >= 11 is 1.49. The molecule has 0 saturated heterocycles. The molecule has 0 fully saturated rings. The number of nitrogen functional groups attached to an aromatic ring is 1. The molecule has 5 heteroatoms. The zero-order valence-corrected chi connectivity index (χ0v) is 11.5. The number of carbonyl (C=O) groups excluding carboxylic acids is 1. The number of carbonyl (C=O) groups is 1. The monoisotopic (exact) mass is 255 g/mol. The van der Waals surface area contributed by atoms with Crippen molar-refractivity contribution in [1.82, 2.24) is 10.3 Å². The Morgan fingerprint density at radius 2 is 2.24 bits per heavy atom. The summed E-state index contributed by atoms with van der Waals surface area (Å²) < 4.78 is 0. The second-order valence-corrected chi connectivity index (χ2v) is 5.83. The number of thiophene rings is 1. The highest BCUT2D eigenvalue weighted by Gasteiger charge is 2.09. The van der Waals surface area contributed by atoms with E-state index < -0.39 is 0 Å². The fraction of sp³-hybridized carbons (Fsp3) is 0.583. The fourth-order valence-corrected chi connectivity index (χ4v) is 2.47. The van der Waals surface area contributed by atoms with Crippen LogP contribution in [0.15, 0.2) is 12.1 Å². The molecule has 0 aliphatic carbocycles. The summed E-state index contributed by atoms with van der Waals surface area (Å²) in [5, 5.41) is 0. The van der Waals surface area contributed by atoms with E-state index >= 15 is 0 Å². The lowest BCUT2D eigenvalue weighted by Gasteiger charge is -2.16. The van der Waals surface area contributed by atoms with Crippen molar-refractivity contribution >= 4 is 17.2 Å². The van der Waals surface area contributed by atoms with Gasteiger partial charge in [-0.25, -0.2) is 5.84 Å². The normalized spacial score (nSPS) is 11.2. The first-order valence-corrected chi connectivity index (χ1v) is 6.62. The molecule has 1 heterocycles. The molecule has 1 aromatic rings. The zero-order valence-electron chi connectivity index (χ0n) is 10.7. The lowest BCUT2D eigenvalue weighted by Crippen LogP contribution is -2.29. The molecule has 0 spiro atoms. The van der Waals surface area contributed by atoms with Gasteiger partial charge in [-0.15, -0.1) is 11.3 Å². The third-order valence-corrected chi connectivity index (χ3v) is 3.60. The molecule has 1 rings (SSSR count). The van der Waals surface area contributed by atoms with Crippen molar-refractivity contribution < 1.29 is 4.79 Å². The van der Waals surface area contributed by atoms with E-state index in [2.05, 4.69) is 31.2 Å². The second-order valence-electron chi connectivity index (χ2n) is 4.66. The molecule has 0 atom stereocenters. The number of amides is 1. The average Bonchev–Trinajstić information content (AvgIpc) is 2.73. The second kappa shape index (κ2) is 6.74. The lowest BCUT2D eigenvalue weighted by atomic mass is 10.1. The minimum absolute atomic E-state index is 0.217. The third kappa shape index (κ3) is 4.85. The maximum absolute atomic E-state index is 11.3. The Labute approximate surface area is 107 Å². The Hall–Kier alpha value is -0.910. The van der Waals surface area contributed by atoms with Gasteiger partial charge in [0.15, 0.2) is 0 Å². The Balaban J connectivity index is 2.46. The Kier molecular flexibility index (Phi) is 5.61. The van der Waals surface area contributed by atoms with Crippen LogP contribution in [-0.4, -0.2) is 24.4 Å². The zero-order chi connectivity index (χ0) is 12.8. The quantitative estimate of drug-likeness (QED) is 0.463. The summed E-state index contributed by atoms with van der Waals surface area (Å²) in [4.78, 5) is 15.4. The third-order valence-electron chi connectivity index (χ3n) is 2.53. The van der Waals surface area contributed by atoms with E-state index in [0.29, 0.717) is 4.88 Å². The average molecular weight is 255 g/mol. The molecule has 0 saturated carbocycles. The van der Waals surface area contributed by atoms with Gasteiger partial charge in [0.2, 0.25) is 0 Å². The van der Waals surface area contributed by atoms with Crippen molar-refractivity contribution in [2.45, 2.75) is 26.8 Å². The highest BCUT2D eigenvalue weighted by atomic mass is 32.1. The van der Waals surface area contributed by atoms with Crippen LogP contribution in [0, 0.1) is 5.92 Å². The molecule has 0 aliphatic rings. The Morgan fingerprint density at radius 3 is 2.82 bits per heavy atom. The van der Waals surface area contributed by atoms with E-state index in [9.17, 15) is 4.79 Å². The molecule has 0 aromatic carbocycles. The molecule has 17 heavy (non-hydrogen) atoms. The highest BCUT2D eigenvalue weighted by molar-refractivity contribution is 7.14. The van der Waals surface area contributed by atoms with Gasteiger partial charge in [-0.05, 0) is 38.1 Å². The summed E-state index contributed by atoms with van der Waals surface area (Å²) in [6.45, 7) is 6.41. The summed E-state index contributed by atoms with van der Waals surface area (Å²) in [5.74, 6) is 5.60. The lowest BCUT2D eigenvalue weighted by molar-refractivity contribution is 0.0957. The largest absolute Gasteiger partial charge is 0.301 e. The minimum Gasteiger partial charge on any atom is -0.301 e. The standard InChI is InChI=1S/C12H21N3OS/c1-9(2)6-7-15(3)8-10-4-5-11(17-10)12(16)14-13/h4-5,9H,6-8,13H2,1-3H3,(H,14,16). The Morgan fingerprint density at radius 1 is 1.53 bits per heavy atom. The first kappa shape index (κ1) is 14.2. The van der Waals surface area contributed by atoms with Crippen LogP contribution in [0.4, 0.5) is 0 Å². The molecule has 0 radical (unpaired) electrons. The van der Waals surface area contributed by atoms with E-state index in [1.54, 1.807) is 0 Å². The van der Waals surface area contributed by atoms with Gasteiger partial charge in [0.25, 0.3) is 5.91 Å². The van der Waals surface area contributed by atoms with Gasteiger partial charge in [-0.3, -0.25) is 10.2 Å². The van der Waals surface area contributed by atoms with E-state index in [4.69, 9.17) is 5.84 Å². The van der Waals surface area contributed by atoms with Crippen LogP contribution < -0.4 is 11.3 Å². The molecule has 1 amide bonds. The van der Waals surface area contributed by atoms with Crippen LogP contribution in [0.1, 0.15) is 34.8 Å². The van der Waals surface area contributed by atoms with E-state index in [1.165, 1.54) is 22.6 Å². The van der Waals surface area contributed by atoms with E-state index in [-0.39, 0.29) is 5.91 Å². The summed E-state index contributed by atoms with van der Waals surface area (Å²) in [5.41, 5.74) is 2.15. The molecule has 0 bridgehead atoms. The van der Waals surface area contributed by atoms with Crippen LogP contribution in [-0.2, 0) is 6.54 Å². The molecule has 4 nitrogen and oxygen atoms in total. The van der Waals surface area contributed by atoms with Gasteiger partial charge in [0, 0.05) is 11.4 Å². The van der Waals surface area contributed by atoms with Crippen LogP contribution in [0.2, 0.25) is 0 Å². The number of hydrogen-bond acceptors (Lipinski definition) is 4. The summed E-state index contributed by atoms with van der Waals surface area (Å²) in [7, 11) is 2.10.